The van der Waals surface area contributed by atoms with Crippen LogP contribution in [0.3, 0.4) is 0 Å². The third kappa shape index (κ3) is 1.81. The van der Waals surface area contributed by atoms with Gasteiger partial charge in [0, 0.05) is 0 Å². The van der Waals surface area contributed by atoms with Crippen LogP contribution in [-0.2, 0) is 0 Å². The molecule has 0 unspecified atom stereocenters. The fourth-order valence-electron chi connectivity index (χ4n) is 8.15. The second-order valence-corrected chi connectivity index (χ2v) is 11.0. The van der Waals surface area contributed by atoms with Crippen LogP contribution in [0.1, 0.15) is 0 Å². The Hall–Kier alpha value is -5.28. The molecule has 0 spiro atoms. The molecule has 3 heteroatoms. The lowest BCUT2D eigenvalue weighted by Crippen LogP contribution is -1.96. The lowest BCUT2D eigenvalue weighted by molar-refractivity contribution is 0.500. The highest BCUT2D eigenvalue weighted by molar-refractivity contribution is 6.52. The molecule has 0 atom stereocenters. The van der Waals surface area contributed by atoms with Crippen LogP contribution in [0.15, 0.2) is 98.9 Å². The molecule has 0 aliphatic heterocycles. The van der Waals surface area contributed by atoms with E-state index < -0.39 is 11.3 Å². The third-order valence-electron chi connectivity index (χ3n) is 9.50. The van der Waals surface area contributed by atoms with E-state index in [2.05, 4.69) is 84.9 Å². The lowest BCUT2D eigenvalue weighted by atomic mass is 9.82. The minimum Gasteiger partial charge on any atom is -0.386 e. The monoisotopic (exact) mass is 494 g/mol. The Morgan fingerprint density at radius 3 is 1.05 bits per heavy atom. The van der Waals surface area contributed by atoms with Gasteiger partial charge in [0.25, 0.3) is 0 Å². The maximum atomic E-state index is 13.3. The first kappa shape index (κ1) is 18.9. The molecule has 0 amide bonds. The van der Waals surface area contributed by atoms with Crippen molar-refractivity contribution in [3.05, 3.63) is 106 Å². The minimum absolute atomic E-state index is 0.402. The average molecular weight is 495 g/mol. The summed E-state index contributed by atoms with van der Waals surface area (Å²) in [4.78, 5) is 26.6. The van der Waals surface area contributed by atoms with E-state index in [0.717, 1.165) is 43.1 Å². The van der Waals surface area contributed by atoms with Gasteiger partial charge >= 0.3 is 11.3 Å². The quantitative estimate of drug-likeness (QED) is 0.156. The Balaban J connectivity index is 1.64. The summed E-state index contributed by atoms with van der Waals surface area (Å²) in [6, 6.07) is 30.2. The zero-order valence-corrected chi connectivity index (χ0v) is 20.3. The number of hydrogen-bond acceptors (Lipinski definition) is 3. The highest BCUT2D eigenvalue weighted by atomic mass is 16.4. The highest BCUT2D eigenvalue weighted by Gasteiger charge is 2.28. The van der Waals surface area contributed by atoms with E-state index in [1.54, 1.807) is 0 Å². The molecule has 11 aromatic rings. The zero-order valence-electron chi connectivity index (χ0n) is 20.3. The Labute approximate surface area is 217 Å². The molecule has 0 N–H and O–H groups in total. The second-order valence-electron chi connectivity index (χ2n) is 11.0. The predicted molar refractivity (Wildman–Crippen MR) is 162 cm³/mol. The summed E-state index contributed by atoms with van der Waals surface area (Å²) >= 11 is 0. The molecule has 0 bridgehead atoms. The highest BCUT2D eigenvalue weighted by Crippen LogP contribution is 2.54. The average Bonchev–Trinajstić information content (AvgIpc) is 3.58. The first-order valence-corrected chi connectivity index (χ1v) is 13.2. The maximum absolute atomic E-state index is 13.3. The fourth-order valence-corrected chi connectivity index (χ4v) is 8.15. The minimum atomic E-state index is -0.552. The van der Waals surface area contributed by atoms with Crippen LogP contribution in [0.4, 0.5) is 0 Å². The zero-order chi connectivity index (χ0) is 25.3. The first-order chi connectivity index (χ1) is 19.2. The first-order valence-electron chi connectivity index (χ1n) is 13.2. The molecule has 0 saturated carbocycles. The van der Waals surface area contributed by atoms with E-state index in [-0.39, 0.29) is 0 Å². The van der Waals surface area contributed by atoms with Crippen LogP contribution >= 0.6 is 0 Å². The lowest BCUT2D eigenvalue weighted by Gasteiger charge is -2.19. The molecule has 0 radical (unpaired) electrons. The summed E-state index contributed by atoms with van der Waals surface area (Å²) in [5.74, 6) is 0. The van der Waals surface area contributed by atoms with Crippen LogP contribution in [0.25, 0.3) is 108 Å². The normalized spacial score (nSPS) is 13.3. The summed E-state index contributed by atoms with van der Waals surface area (Å²) in [6.45, 7) is 0. The topological polar surface area (TPSA) is 47.3 Å². The number of rotatable bonds is 0. The standard InChI is InChI=1S/C36H14O3/c37-35-33-25-13-23-17-7-3-1-5-15(17)19-9-11-21-22-12-10-20-16-6-2-4-8-18(16)24-14-26(34(33)36(38)39-35)32(30(22)28(20)24)31(25)29(21)27(19)23/h1-14H. The van der Waals surface area contributed by atoms with E-state index in [0.29, 0.717) is 10.8 Å². The molecule has 3 nitrogen and oxygen atoms in total. The van der Waals surface area contributed by atoms with E-state index >= 15 is 0 Å². The van der Waals surface area contributed by atoms with Crippen molar-refractivity contribution in [3.63, 3.8) is 0 Å². The van der Waals surface area contributed by atoms with E-state index in [4.69, 9.17) is 4.42 Å². The van der Waals surface area contributed by atoms with Crippen molar-refractivity contribution in [3.8, 4) is 0 Å². The van der Waals surface area contributed by atoms with Gasteiger partial charge in [0.2, 0.25) is 0 Å². The molecular weight excluding hydrogens is 480 g/mol. The van der Waals surface area contributed by atoms with Crippen LogP contribution in [0, 0.1) is 0 Å². The molecule has 1 heterocycles. The van der Waals surface area contributed by atoms with Gasteiger partial charge in [-0.3, -0.25) is 0 Å². The van der Waals surface area contributed by atoms with Gasteiger partial charge in [-0.25, -0.2) is 9.59 Å². The molecule has 10 aromatic carbocycles. The van der Waals surface area contributed by atoms with Gasteiger partial charge in [-0.2, -0.15) is 0 Å². The molecule has 176 valence electrons. The van der Waals surface area contributed by atoms with Crippen molar-refractivity contribution in [2.45, 2.75) is 0 Å². The summed E-state index contributed by atoms with van der Waals surface area (Å²) in [5.41, 5.74) is -1.10. The summed E-state index contributed by atoms with van der Waals surface area (Å²) in [6.07, 6.45) is 0. The molecule has 0 aliphatic rings. The van der Waals surface area contributed by atoms with Gasteiger partial charge in [0.05, 0.1) is 10.8 Å². The van der Waals surface area contributed by atoms with E-state index in [1.165, 1.54) is 53.9 Å². The fraction of sp³-hybridized carbons (Fsp3) is 0. The Bertz CT molecular complexity index is 2760. The third-order valence-corrected chi connectivity index (χ3v) is 9.50. The summed E-state index contributed by atoms with van der Waals surface area (Å²) < 4.78 is 5.32. The number of furan rings is 1. The molecule has 1 aromatic heterocycles. The summed E-state index contributed by atoms with van der Waals surface area (Å²) in [7, 11) is 0. The molecule has 11 rings (SSSR count). The van der Waals surface area contributed by atoms with Crippen molar-refractivity contribution < 1.29 is 4.42 Å². The van der Waals surface area contributed by atoms with Crippen LogP contribution in [0.5, 0.6) is 0 Å². The van der Waals surface area contributed by atoms with Crippen LogP contribution in [0.2, 0.25) is 0 Å². The van der Waals surface area contributed by atoms with Gasteiger partial charge in [-0.05, 0) is 109 Å². The van der Waals surface area contributed by atoms with Crippen molar-refractivity contribution >= 4 is 108 Å². The van der Waals surface area contributed by atoms with Gasteiger partial charge in [-0.1, -0.05) is 72.8 Å². The predicted octanol–water partition coefficient (Wildman–Crippen LogP) is 8.72. The van der Waals surface area contributed by atoms with Gasteiger partial charge < -0.3 is 4.42 Å². The van der Waals surface area contributed by atoms with Crippen molar-refractivity contribution in [2.24, 2.45) is 0 Å². The van der Waals surface area contributed by atoms with E-state index in [9.17, 15) is 9.59 Å². The Morgan fingerprint density at radius 2 is 0.641 bits per heavy atom. The van der Waals surface area contributed by atoms with Crippen LogP contribution < -0.4 is 11.3 Å². The molecule has 0 saturated heterocycles. The molecule has 0 aliphatic carbocycles. The van der Waals surface area contributed by atoms with Gasteiger partial charge in [0.1, 0.15) is 0 Å². The molecular formula is C36H14O3. The SMILES string of the molecule is O=c1oc(=O)c2c3cc4c5ccccc5c5ccc6c7ccc8c9ccccc9c9cc(c12)c(c7c89)c3c6c54. The maximum Gasteiger partial charge on any atom is 0.347 e. The number of benzene rings is 8. The van der Waals surface area contributed by atoms with Crippen LogP contribution in [-0.4, -0.2) is 0 Å². The Kier molecular flexibility index (Phi) is 2.78. The summed E-state index contributed by atoms with van der Waals surface area (Å²) in [5, 5.41) is 21.1. The molecule has 0 fully saturated rings. The number of hydrogen-bond donors (Lipinski definition) is 0. The largest absolute Gasteiger partial charge is 0.386 e. The van der Waals surface area contributed by atoms with Gasteiger partial charge in [-0.15, -0.1) is 0 Å². The van der Waals surface area contributed by atoms with Gasteiger partial charge in [0.15, 0.2) is 0 Å². The van der Waals surface area contributed by atoms with Crippen molar-refractivity contribution in [1.29, 1.82) is 0 Å². The molecule has 39 heavy (non-hydrogen) atoms. The Morgan fingerprint density at radius 1 is 0.308 bits per heavy atom. The smallest absolute Gasteiger partial charge is 0.347 e. The second kappa shape index (κ2) is 5.74. The van der Waals surface area contributed by atoms with Crippen molar-refractivity contribution in [1.82, 2.24) is 0 Å². The van der Waals surface area contributed by atoms with Crippen molar-refractivity contribution in [2.75, 3.05) is 0 Å². The van der Waals surface area contributed by atoms with E-state index in [1.807, 2.05) is 0 Å². The number of fused-ring (bicyclic) bond motifs is 10.